The molecule has 0 aromatic heterocycles. The third kappa shape index (κ3) is 4.07. The summed E-state index contributed by atoms with van der Waals surface area (Å²) in [5.41, 5.74) is 1.79. The maximum Gasteiger partial charge on any atom is 0.269 e. The quantitative estimate of drug-likeness (QED) is 0.604. The molecular weight excluding hydrogens is 459 g/mol. The van der Waals surface area contributed by atoms with E-state index in [-0.39, 0.29) is 11.4 Å². The smallest absolute Gasteiger partial charge is 0.269 e. The molecule has 1 amide bonds. The van der Waals surface area contributed by atoms with Gasteiger partial charge in [-0.15, -0.1) is 0 Å². The molecule has 2 atom stereocenters. The molecule has 0 unspecified atom stereocenters. The number of nitrogens with zero attached hydrogens (tertiary/aromatic N) is 1. The Morgan fingerprint density at radius 1 is 1.03 bits per heavy atom. The van der Waals surface area contributed by atoms with Crippen molar-refractivity contribution >= 4 is 27.3 Å². The van der Waals surface area contributed by atoms with Crippen molar-refractivity contribution in [2.75, 3.05) is 16.2 Å². The number of carbonyl (C=O) groups is 1. The van der Waals surface area contributed by atoms with Gasteiger partial charge < -0.3 is 14.8 Å². The van der Waals surface area contributed by atoms with Gasteiger partial charge in [0.15, 0.2) is 11.5 Å². The summed E-state index contributed by atoms with van der Waals surface area (Å²) in [6.07, 6.45) is -0.0109. The summed E-state index contributed by atoms with van der Waals surface area (Å²) in [4.78, 5) is 13.0. The first kappa shape index (κ1) is 22.2. The molecule has 0 aliphatic carbocycles. The number of anilines is 2. The first-order chi connectivity index (χ1) is 16.3. The van der Waals surface area contributed by atoms with E-state index in [0.29, 0.717) is 35.7 Å². The van der Waals surface area contributed by atoms with Gasteiger partial charge in [-0.25, -0.2) is 12.8 Å². The number of nitrogens with one attached hydrogen (secondary N) is 1. The molecule has 0 radical (unpaired) electrons. The average Bonchev–Trinajstić information content (AvgIpc) is 2.83. The number of ether oxygens (including phenoxy) is 2. The molecule has 2 heterocycles. The zero-order valence-corrected chi connectivity index (χ0v) is 19.2. The van der Waals surface area contributed by atoms with Crippen molar-refractivity contribution in [1.82, 2.24) is 0 Å². The Balaban J connectivity index is 1.40. The Labute approximate surface area is 197 Å². The van der Waals surface area contributed by atoms with Crippen LogP contribution in [0.4, 0.5) is 15.8 Å². The Kier molecular flexibility index (Phi) is 5.65. The number of rotatable bonds is 4. The normalized spacial score (nSPS) is 19.3. The Bertz CT molecular complexity index is 1340. The van der Waals surface area contributed by atoms with E-state index in [1.807, 2.05) is 12.1 Å². The standard InChI is InChI=1S/C25H23FN2O5S/c1-16-24(33-23-7-3-2-6-22(23)32-16)25(29)27-19-11-8-17-5-4-14-28(21(17)15-19)34(30,31)20-12-9-18(26)10-13-20/h2-3,6-13,15-16,24H,4-5,14H2,1H3,(H,27,29)/t16-,24-/m0/s1. The second-order valence-electron chi connectivity index (χ2n) is 8.28. The minimum absolute atomic E-state index is 0.0106. The topological polar surface area (TPSA) is 84.9 Å². The molecule has 0 spiro atoms. The molecule has 9 heteroatoms. The van der Waals surface area contributed by atoms with Gasteiger partial charge in [0, 0.05) is 12.2 Å². The number of fused-ring (bicyclic) bond motifs is 2. The fourth-order valence-corrected chi connectivity index (χ4v) is 5.75. The van der Waals surface area contributed by atoms with Crippen LogP contribution in [0.1, 0.15) is 18.9 Å². The van der Waals surface area contributed by atoms with Crippen LogP contribution < -0.4 is 19.1 Å². The summed E-state index contributed by atoms with van der Waals surface area (Å²) in [7, 11) is -3.89. The van der Waals surface area contributed by atoms with E-state index in [9.17, 15) is 17.6 Å². The van der Waals surface area contributed by atoms with Gasteiger partial charge in [0.25, 0.3) is 15.9 Å². The molecule has 0 fully saturated rings. The Hall–Kier alpha value is -3.59. The number of aryl methyl sites for hydroxylation is 1. The number of halogens is 1. The summed E-state index contributed by atoms with van der Waals surface area (Å²) in [6, 6.07) is 17.1. The van der Waals surface area contributed by atoms with Crippen LogP contribution in [0.5, 0.6) is 11.5 Å². The van der Waals surface area contributed by atoms with E-state index < -0.39 is 34.0 Å². The van der Waals surface area contributed by atoms with Gasteiger partial charge >= 0.3 is 0 Å². The molecule has 0 saturated heterocycles. The zero-order valence-electron chi connectivity index (χ0n) is 18.4. The van der Waals surface area contributed by atoms with Crippen LogP contribution in [0.25, 0.3) is 0 Å². The lowest BCUT2D eigenvalue weighted by atomic mass is 10.0. The fraction of sp³-hybridized carbons (Fsp3) is 0.240. The number of sulfonamides is 1. The predicted molar refractivity (Wildman–Crippen MR) is 125 cm³/mol. The molecule has 2 aliphatic rings. The van der Waals surface area contributed by atoms with E-state index in [4.69, 9.17) is 9.47 Å². The third-order valence-corrected chi connectivity index (χ3v) is 7.76. The second kappa shape index (κ2) is 8.64. The summed E-state index contributed by atoms with van der Waals surface area (Å²) < 4.78 is 52.9. The van der Waals surface area contributed by atoms with Crippen molar-refractivity contribution < 1.29 is 27.1 Å². The molecule has 0 bridgehead atoms. The zero-order chi connectivity index (χ0) is 23.9. The van der Waals surface area contributed by atoms with Crippen LogP contribution in [0.3, 0.4) is 0 Å². The number of benzene rings is 3. The van der Waals surface area contributed by atoms with Gasteiger partial charge in [-0.3, -0.25) is 9.10 Å². The Morgan fingerprint density at radius 3 is 2.47 bits per heavy atom. The molecule has 3 aromatic rings. The van der Waals surface area contributed by atoms with Crippen molar-refractivity contribution in [2.24, 2.45) is 0 Å². The van der Waals surface area contributed by atoms with Crippen LogP contribution in [-0.2, 0) is 21.2 Å². The summed E-state index contributed by atoms with van der Waals surface area (Å²) >= 11 is 0. The van der Waals surface area contributed by atoms with Gasteiger partial charge in [-0.05, 0) is 73.9 Å². The highest BCUT2D eigenvalue weighted by molar-refractivity contribution is 7.92. The van der Waals surface area contributed by atoms with Crippen molar-refractivity contribution in [3.63, 3.8) is 0 Å². The van der Waals surface area contributed by atoms with Gasteiger partial charge in [-0.2, -0.15) is 0 Å². The van der Waals surface area contributed by atoms with E-state index >= 15 is 0 Å². The van der Waals surface area contributed by atoms with E-state index in [0.717, 1.165) is 17.7 Å². The lowest BCUT2D eigenvalue weighted by Crippen LogP contribution is -2.46. The highest BCUT2D eigenvalue weighted by Crippen LogP contribution is 2.36. The molecule has 1 N–H and O–H groups in total. The SMILES string of the molecule is C[C@@H]1Oc2ccccc2O[C@@H]1C(=O)Nc1ccc2c(c1)N(S(=O)(=O)c1ccc(F)cc1)CCC2. The molecular formula is C25H23FN2O5S. The highest BCUT2D eigenvalue weighted by Gasteiger charge is 2.35. The molecule has 7 nitrogen and oxygen atoms in total. The highest BCUT2D eigenvalue weighted by atomic mass is 32.2. The number of carbonyl (C=O) groups excluding carboxylic acids is 1. The second-order valence-corrected chi connectivity index (χ2v) is 10.1. The van der Waals surface area contributed by atoms with Crippen molar-refractivity contribution in [3.8, 4) is 11.5 Å². The minimum Gasteiger partial charge on any atom is -0.482 e. The molecule has 0 saturated carbocycles. The molecule has 3 aromatic carbocycles. The largest absolute Gasteiger partial charge is 0.482 e. The maximum absolute atomic E-state index is 13.3. The van der Waals surface area contributed by atoms with Crippen LogP contribution in [0, 0.1) is 5.82 Å². The first-order valence-corrected chi connectivity index (χ1v) is 12.4. The van der Waals surface area contributed by atoms with Crippen LogP contribution in [0.15, 0.2) is 71.6 Å². The maximum atomic E-state index is 13.3. The van der Waals surface area contributed by atoms with Gasteiger partial charge in [0.2, 0.25) is 6.10 Å². The van der Waals surface area contributed by atoms with E-state index in [1.165, 1.54) is 16.4 Å². The Morgan fingerprint density at radius 2 is 1.74 bits per heavy atom. The molecule has 176 valence electrons. The first-order valence-electron chi connectivity index (χ1n) is 11.0. The summed E-state index contributed by atoms with van der Waals surface area (Å²) in [6.45, 7) is 2.04. The number of amides is 1. The minimum atomic E-state index is -3.89. The van der Waals surface area contributed by atoms with Crippen LogP contribution >= 0.6 is 0 Å². The van der Waals surface area contributed by atoms with E-state index in [1.54, 1.807) is 37.3 Å². The van der Waals surface area contributed by atoms with Gasteiger partial charge in [0.05, 0.1) is 10.6 Å². The van der Waals surface area contributed by atoms with Crippen LogP contribution in [0.2, 0.25) is 0 Å². The van der Waals surface area contributed by atoms with E-state index in [2.05, 4.69) is 5.32 Å². The average molecular weight is 483 g/mol. The predicted octanol–water partition coefficient (Wildman–Crippen LogP) is 4.13. The fourth-order valence-electron chi connectivity index (χ4n) is 4.22. The number of para-hydroxylation sites is 2. The monoisotopic (exact) mass is 482 g/mol. The van der Waals surface area contributed by atoms with Crippen molar-refractivity contribution in [3.05, 3.63) is 78.1 Å². The number of hydrogen-bond donors (Lipinski definition) is 1. The van der Waals surface area contributed by atoms with Gasteiger partial charge in [-0.1, -0.05) is 18.2 Å². The lowest BCUT2D eigenvalue weighted by Gasteiger charge is -2.32. The molecule has 34 heavy (non-hydrogen) atoms. The van der Waals surface area contributed by atoms with Crippen molar-refractivity contribution in [2.45, 2.75) is 36.9 Å². The van der Waals surface area contributed by atoms with Crippen molar-refractivity contribution in [1.29, 1.82) is 0 Å². The number of hydrogen-bond acceptors (Lipinski definition) is 5. The van der Waals surface area contributed by atoms with Crippen LogP contribution in [-0.4, -0.2) is 33.1 Å². The van der Waals surface area contributed by atoms with Gasteiger partial charge in [0.1, 0.15) is 11.9 Å². The summed E-state index contributed by atoms with van der Waals surface area (Å²) in [5.74, 6) is 0.164. The summed E-state index contributed by atoms with van der Waals surface area (Å²) in [5, 5.41) is 2.83. The molecule has 5 rings (SSSR count). The lowest BCUT2D eigenvalue weighted by molar-refractivity contribution is -0.128. The molecule has 2 aliphatic heterocycles. The third-order valence-electron chi connectivity index (χ3n) is 5.93.